The molecule has 1 aromatic rings. The number of aromatic nitrogens is 1. The summed E-state index contributed by atoms with van der Waals surface area (Å²) in [5.74, 6) is 0. The van der Waals surface area contributed by atoms with E-state index in [9.17, 15) is 0 Å². The summed E-state index contributed by atoms with van der Waals surface area (Å²) in [6.45, 7) is 4.20. The quantitative estimate of drug-likeness (QED) is 0.592. The number of anilines is 1. The second kappa shape index (κ2) is 4.01. The molecule has 0 aliphatic carbocycles. The van der Waals surface area contributed by atoms with Crippen molar-refractivity contribution >= 4 is 29.1 Å². The molecule has 2 N–H and O–H groups in total. The van der Waals surface area contributed by atoms with Crippen LogP contribution in [0.15, 0.2) is 17.2 Å². The van der Waals surface area contributed by atoms with Crippen LogP contribution in [0.3, 0.4) is 0 Å². The Morgan fingerprint density at radius 3 is 2.67 bits per heavy atom. The van der Waals surface area contributed by atoms with E-state index in [4.69, 9.17) is 17.3 Å². The molecule has 0 saturated carbocycles. The van der Waals surface area contributed by atoms with Crippen molar-refractivity contribution in [1.29, 1.82) is 0 Å². The molecule has 0 aliphatic heterocycles. The van der Waals surface area contributed by atoms with Gasteiger partial charge in [0.1, 0.15) is 10.2 Å². The van der Waals surface area contributed by atoms with E-state index < -0.39 is 0 Å². The number of thioether (sulfide) groups is 1. The average molecular weight is 203 g/mol. The zero-order valence-electron chi connectivity index (χ0n) is 7.04. The number of hydrogen-bond donors (Lipinski definition) is 1. The summed E-state index contributed by atoms with van der Waals surface area (Å²) in [5, 5.41) is 1.84. The topological polar surface area (TPSA) is 38.9 Å². The predicted octanol–water partition coefficient (Wildman–Crippen LogP) is 2.82. The van der Waals surface area contributed by atoms with Crippen LogP contribution in [0.25, 0.3) is 0 Å². The van der Waals surface area contributed by atoms with Crippen LogP contribution < -0.4 is 5.73 Å². The van der Waals surface area contributed by atoms with Gasteiger partial charge < -0.3 is 5.73 Å². The van der Waals surface area contributed by atoms with Crippen molar-refractivity contribution in [2.75, 3.05) is 5.73 Å². The Morgan fingerprint density at radius 2 is 2.17 bits per heavy atom. The van der Waals surface area contributed by atoms with Crippen molar-refractivity contribution in [3.8, 4) is 0 Å². The summed E-state index contributed by atoms with van der Waals surface area (Å²) in [6.07, 6.45) is 0. The number of pyridine rings is 1. The third kappa shape index (κ3) is 2.91. The second-order valence-corrected chi connectivity index (χ2v) is 4.71. The molecular formula is C8H11ClN2S. The van der Waals surface area contributed by atoms with E-state index in [0.29, 0.717) is 16.1 Å². The molecule has 1 rings (SSSR count). The molecule has 0 bridgehead atoms. The van der Waals surface area contributed by atoms with Gasteiger partial charge in [-0.3, -0.25) is 0 Å². The first-order chi connectivity index (χ1) is 5.58. The predicted molar refractivity (Wildman–Crippen MR) is 54.7 cm³/mol. The molecule has 12 heavy (non-hydrogen) atoms. The Hall–Kier alpha value is -0.410. The third-order valence-corrected chi connectivity index (χ3v) is 2.27. The summed E-state index contributed by atoms with van der Waals surface area (Å²) in [5.41, 5.74) is 6.26. The number of nitrogens with two attached hydrogens (primary N) is 1. The second-order valence-electron chi connectivity index (χ2n) is 2.73. The van der Waals surface area contributed by atoms with E-state index >= 15 is 0 Å². The van der Waals surface area contributed by atoms with Crippen LogP contribution in [0.5, 0.6) is 0 Å². The molecule has 0 aliphatic rings. The van der Waals surface area contributed by atoms with Gasteiger partial charge in [-0.15, -0.1) is 11.8 Å². The Morgan fingerprint density at radius 1 is 1.50 bits per heavy atom. The molecular weight excluding hydrogens is 192 g/mol. The maximum Gasteiger partial charge on any atom is 0.132 e. The third-order valence-electron chi connectivity index (χ3n) is 1.15. The molecule has 66 valence electrons. The van der Waals surface area contributed by atoms with Crippen molar-refractivity contribution in [3.63, 3.8) is 0 Å². The van der Waals surface area contributed by atoms with Gasteiger partial charge in [-0.2, -0.15) is 0 Å². The van der Waals surface area contributed by atoms with Crippen LogP contribution in [0.2, 0.25) is 5.15 Å². The highest BCUT2D eigenvalue weighted by Crippen LogP contribution is 2.24. The summed E-state index contributed by atoms with van der Waals surface area (Å²) in [4.78, 5) is 4.12. The van der Waals surface area contributed by atoms with Crippen molar-refractivity contribution in [2.45, 2.75) is 24.1 Å². The number of nitrogens with zero attached hydrogens (tertiary/aromatic N) is 1. The first-order valence-electron chi connectivity index (χ1n) is 3.67. The average Bonchev–Trinajstić information content (AvgIpc) is 1.81. The van der Waals surface area contributed by atoms with E-state index in [2.05, 4.69) is 18.8 Å². The van der Waals surface area contributed by atoms with Crippen LogP contribution >= 0.6 is 23.4 Å². The van der Waals surface area contributed by atoms with Gasteiger partial charge in [0.2, 0.25) is 0 Å². The fourth-order valence-corrected chi connectivity index (χ4v) is 1.90. The standard InChI is InChI=1S/C8H11ClN2S/c1-5(2)12-8-4-6(10)3-7(9)11-8/h3-5H,1-2H3,(H2,10,11). The van der Waals surface area contributed by atoms with Crippen molar-refractivity contribution < 1.29 is 0 Å². The van der Waals surface area contributed by atoms with E-state index in [1.165, 1.54) is 0 Å². The highest BCUT2D eigenvalue weighted by atomic mass is 35.5. The van der Waals surface area contributed by atoms with Crippen LogP contribution in [-0.4, -0.2) is 10.2 Å². The van der Waals surface area contributed by atoms with E-state index in [0.717, 1.165) is 5.03 Å². The van der Waals surface area contributed by atoms with Gasteiger partial charge in [0.05, 0.1) is 0 Å². The first-order valence-corrected chi connectivity index (χ1v) is 4.93. The smallest absolute Gasteiger partial charge is 0.132 e. The van der Waals surface area contributed by atoms with Crippen molar-refractivity contribution in [3.05, 3.63) is 17.3 Å². The highest BCUT2D eigenvalue weighted by molar-refractivity contribution is 7.99. The molecule has 0 fully saturated rings. The lowest BCUT2D eigenvalue weighted by atomic mass is 10.4. The largest absolute Gasteiger partial charge is 0.399 e. The Kier molecular flexibility index (Phi) is 3.23. The van der Waals surface area contributed by atoms with Gasteiger partial charge in [-0.05, 0) is 12.1 Å². The molecule has 0 amide bonds. The minimum atomic E-state index is 0.457. The first kappa shape index (κ1) is 9.68. The Balaban J connectivity index is 2.85. The maximum atomic E-state index is 5.73. The highest BCUT2D eigenvalue weighted by Gasteiger charge is 2.01. The fraction of sp³-hybridized carbons (Fsp3) is 0.375. The number of rotatable bonds is 2. The monoisotopic (exact) mass is 202 g/mol. The number of nitrogen functional groups attached to an aromatic ring is 1. The fourth-order valence-electron chi connectivity index (χ4n) is 0.793. The zero-order chi connectivity index (χ0) is 9.14. The maximum absolute atomic E-state index is 5.73. The minimum absolute atomic E-state index is 0.457. The molecule has 1 heterocycles. The van der Waals surface area contributed by atoms with Crippen LogP contribution in [-0.2, 0) is 0 Å². The van der Waals surface area contributed by atoms with Gasteiger partial charge >= 0.3 is 0 Å². The molecule has 0 aromatic carbocycles. The summed E-state index contributed by atoms with van der Waals surface area (Å²) in [7, 11) is 0. The van der Waals surface area contributed by atoms with E-state index in [1.807, 2.05) is 6.07 Å². The summed E-state index contributed by atoms with van der Waals surface area (Å²) in [6, 6.07) is 3.47. The van der Waals surface area contributed by atoms with Gasteiger partial charge in [0, 0.05) is 10.9 Å². The normalized spacial score (nSPS) is 10.7. The van der Waals surface area contributed by atoms with Crippen molar-refractivity contribution in [1.82, 2.24) is 4.98 Å². The molecule has 0 saturated heterocycles. The molecule has 0 radical (unpaired) electrons. The molecule has 4 heteroatoms. The molecule has 2 nitrogen and oxygen atoms in total. The van der Waals surface area contributed by atoms with E-state index in [1.54, 1.807) is 17.8 Å². The molecule has 0 atom stereocenters. The Labute approximate surface area is 81.5 Å². The lowest BCUT2D eigenvalue weighted by Crippen LogP contribution is -1.92. The molecule has 1 aromatic heterocycles. The lowest BCUT2D eigenvalue weighted by Gasteiger charge is -2.04. The van der Waals surface area contributed by atoms with Crippen LogP contribution in [0.1, 0.15) is 13.8 Å². The van der Waals surface area contributed by atoms with Gasteiger partial charge in [-0.25, -0.2) is 4.98 Å². The molecule has 0 unspecified atom stereocenters. The van der Waals surface area contributed by atoms with Gasteiger partial charge in [-0.1, -0.05) is 25.4 Å². The van der Waals surface area contributed by atoms with Crippen LogP contribution in [0, 0.1) is 0 Å². The minimum Gasteiger partial charge on any atom is -0.399 e. The summed E-state index contributed by atoms with van der Waals surface area (Å²) >= 11 is 7.38. The van der Waals surface area contributed by atoms with Crippen molar-refractivity contribution in [2.24, 2.45) is 0 Å². The van der Waals surface area contributed by atoms with E-state index in [-0.39, 0.29) is 0 Å². The SMILES string of the molecule is CC(C)Sc1cc(N)cc(Cl)n1. The zero-order valence-corrected chi connectivity index (χ0v) is 8.62. The van der Waals surface area contributed by atoms with Gasteiger partial charge in [0.25, 0.3) is 0 Å². The Bertz CT molecular complexity index is 256. The van der Waals surface area contributed by atoms with Crippen LogP contribution in [0.4, 0.5) is 5.69 Å². The number of hydrogen-bond acceptors (Lipinski definition) is 3. The van der Waals surface area contributed by atoms with Gasteiger partial charge in [0.15, 0.2) is 0 Å². The summed E-state index contributed by atoms with van der Waals surface area (Å²) < 4.78 is 0. The molecule has 0 spiro atoms. The number of halogens is 1. The lowest BCUT2D eigenvalue weighted by molar-refractivity contribution is 1.07.